The van der Waals surface area contributed by atoms with Crippen LogP contribution in [0, 0.1) is 0 Å². The van der Waals surface area contributed by atoms with E-state index in [0.29, 0.717) is 42.0 Å². The van der Waals surface area contributed by atoms with Crippen molar-refractivity contribution in [2.24, 2.45) is 0 Å². The van der Waals surface area contributed by atoms with E-state index in [2.05, 4.69) is 20.8 Å². The fraction of sp³-hybridized carbons (Fsp3) is 0.348. The molecule has 1 atom stereocenters. The molecule has 0 saturated heterocycles. The van der Waals surface area contributed by atoms with Gasteiger partial charge in [0.1, 0.15) is 0 Å². The van der Waals surface area contributed by atoms with Crippen LogP contribution in [0.1, 0.15) is 53.4 Å². The average molecular weight is 455 g/mol. The van der Waals surface area contributed by atoms with Crippen molar-refractivity contribution in [3.05, 3.63) is 65.5 Å². The first-order chi connectivity index (χ1) is 15.6. The summed E-state index contributed by atoms with van der Waals surface area (Å²) in [6, 6.07) is 14.6. The van der Waals surface area contributed by atoms with Gasteiger partial charge in [0.25, 0.3) is 5.91 Å². The number of nitrogens with zero attached hydrogens (tertiary/aromatic N) is 2. The molecule has 1 aromatic heterocycles. The molecule has 1 heterocycles. The maximum absolute atomic E-state index is 12.6. The molecule has 0 aliphatic heterocycles. The lowest BCUT2D eigenvalue weighted by Crippen LogP contribution is -2.20. The van der Waals surface area contributed by atoms with E-state index in [1.165, 1.54) is 12.8 Å². The molecule has 0 spiro atoms. The van der Waals surface area contributed by atoms with Gasteiger partial charge in [0.05, 0.1) is 5.75 Å². The maximum atomic E-state index is 12.6. The van der Waals surface area contributed by atoms with Crippen LogP contribution in [0.3, 0.4) is 0 Å². The number of amides is 1. The second-order valence-electron chi connectivity index (χ2n) is 7.87. The maximum Gasteiger partial charge on any atom is 0.255 e. The Morgan fingerprint density at radius 3 is 2.69 bits per heavy atom. The molecule has 32 heavy (non-hydrogen) atoms. The predicted molar refractivity (Wildman–Crippen MR) is 123 cm³/mol. The number of aromatic nitrogens is 2. The molecule has 1 unspecified atom stereocenters. The van der Waals surface area contributed by atoms with Gasteiger partial charge in [0.15, 0.2) is 11.1 Å². The molecule has 3 aromatic rings. The Hall–Kier alpha value is -2.88. The molecular weight excluding hydrogens is 428 g/mol. The largest absolute Gasteiger partial charge is 0.339 e. The number of anilines is 1. The van der Waals surface area contributed by atoms with Crippen molar-refractivity contribution in [3.8, 4) is 11.4 Å². The van der Waals surface area contributed by atoms with Gasteiger partial charge in [-0.2, -0.15) is 4.98 Å². The fourth-order valence-corrected chi connectivity index (χ4v) is 4.13. The Balaban J connectivity index is 1.34. The SMILES string of the molecule is O=C(Nc1ccc(-c2noc(C3CCCC3)n2)cc1)c1cccc(CNCCS(=O)O)c1. The summed E-state index contributed by atoms with van der Waals surface area (Å²) in [6.07, 6.45) is 4.63. The van der Waals surface area contributed by atoms with E-state index in [1.807, 2.05) is 36.4 Å². The number of hydrogen-bond donors (Lipinski definition) is 3. The Kier molecular flexibility index (Phi) is 7.41. The van der Waals surface area contributed by atoms with Gasteiger partial charge in [0, 0.05) is 35.8 Å². The summed E-state index contributed by atoms with van der Waals surface area (Å²) < 4.78 is 24.9. The van der Waals surface area contributed by atoms with Gasteiger partial charge in [0.2, 0.25) is 11.7 Å². The third-order valence-corrected chi connectivity index (χ3v) is 6.07. The van der Waals surface area contributed by atoms with Gasteiger partial charge >= 0.3 is 0 Å². The topological polar surface area (TPSA) is 117 Å². The van der Waals surface area contributed by atoms with Crippen LogP contribution in [-0.4, -0.2) is 37.1 Å². The standard InChI is InChI=1S/C23H26N4O4S/c28-22(19-7-3-4-16(14-19)15-24-12-13-32(29)30)25-20-10-8-17(9-11-20)21-26-23(31-27-21)18-5-1-2-6-18/h3-4,7-11,14,18,24H,1-2,5-6,12-13,15H2,(H,25,28)(H,29,30). The number of benzene rings is 2. The molecule has 1 fully saturated rings. The van der Waals surface area contributed by atoms with Crippen molar-refractivity contribution in [2.45, 2.75) is 38.1 Å². The number of nitrogens with one attached hydrogen (secondary N) is 2. The molecular formula is C23H26N4O4S. The van der Waals surface area contributed by atoms with Crippen LogP contribution in [0.15, 0.2) is 53.1 Å². The minimum atomic E-state index is -1.81. The summed E-state index contributed by atoms with van der Waals surface area (Å²) in [5.74, 6) is 1.62. The third kappa shape index (κ3) is 5.87. The lowest BCUT2D eigenvalue weighted by atomic mass is 10.1. The minimum absolute atomic E-state index is 0.169. The van der Waals surface area contributed by atoms with E-state index in [4.69, 9.17) is 9.08 Å². The van der Waals surface area contributed by atoms with Crippen LogP contribution in [-0.2, 0) is 17.6 Å². The first-order valence-electron chi connectivity index (χ1n) is 10.7. The van der Waals surface area contributed by atoms with Crippen LogP contribution in [0.25, 0.3) is 11.4 Å². The van der Waals surface area contributed by atoms with Crippen LogP contribution in [0.4, 0.5) is 5.69 Å². The van der Waals surface area contributed by atoms with Gasteiger partial charge in [-0.1, -0.05) is 30.1 Å². The molecule has 1 saturated carbocycles. The Morgan fingerprint density at radius 1 is 1.16 bits per heavy atom. The average Bonchev–Trinajstić information content (AvgIpc) is 3.49. The molecule has 1 aliphatic rings. The molecule has 3 N–H and O–H groups in total. The molecule has 0 radical (unpaired) electrons. The summed E-state index contributed by atoms with van der Waals surface area (Å²) in [7, 11) is 0. The van der Waals surface area contributed by atoms with Crippen LogP contribution < -0.4 is 10.6 Å². The highest BCUT2D eigenvalue weighted by molar-refractivity contribution is 7.79. The van der Waals surface area contributed by atoms with Gasteiger partial charge in [-0.3, -0.25) is 4.79 Å². The third-order valence-electron chi connectivity index (χ3n) is 5.52. The van der Waals surface area contributed by atoms with Crippen LogP contribution >= 0.6 is 0 Å². The van der Waals surface area contributed by atoms with E-state index in [0.717, 1.165) is 24.0 Å². The summed E-state index contributed by atoms with van der Waals surface area (Å²) in [4.78, 5) is 17.2. The zero-order valence-electron chi connectivity index (χ0n) is 17.6. The summed E-state index contributed by atoms with van der Waals surface area (Å²) in [6.45, 7) is 0.939. The van der Waals surface area contributed by atoms with Crippen molar-refractivity contribution in [2.75, 3.05) is 17.6 Å². The van der Waals surface area contributed by atoms with Crippen molar-refractivity contribution < 1.29 is 18.1 Å². The first-order valence-corrected chi connectivity index (χ1v) is 12.0. The van der Waals surface area contributed by atoms with Gasteiger partial charge in [-0.15, -0.1) is 0 Å². The smallest absolute Gasteiger partial charge is 0.255 e. The molecule has 8 nitrogen and oxygen atoms in total. The number of hydrogen-bond acceptors (Lipinski definition) is 6. The molecule has 4 rings (SSSR count). The molecule has 1 amide bonds. The van der Waals surface area contributed by atoms with E-state index in [1.54, 1.807) is 12.1 Å². The van der Waals surface area contributed by atoms with Crippen molar-refractivity contribution in [1.29, 1.82) is 0 Å². The molecule has 9 heteroatoms. The second-order valence-corrected chi connectivity index (χ2v) is 8.92. The number of carbonyl (C=O) groups is 1. The molecule has 1 aliphatic carbocycles. The van der Waals surface area contributed by atoms with Gasteiger partial charge in [-0.25, -0.2) is 4.21 Å². The van der Waals surface area contributed by atoms with E-state index in [-0.39, 0.29) is 11.7 Å². The Labute approximate surface area is 189 Å². The van der Waals surface area contributed by atoms with E-state index >= 15 is 0 Å². The highest BCUT2D eigenvalue weighted by Crippen LogP contribution is 2.34. The monoisotopic (exact) mass is 454 g/mol. The van der Waals surface area contributed by atoms with Crippen molar-refractivity contribution >= 4 is 22.7 Å². The van der Waals surface area contributed by atoms with Gasteiger partial charge in [-0.05, 0) is 54.8 Å². The number of carbonyl (C=O) groups excluding carboxylic acids is 1. The predicted octanol–water partition coefficient (Wildman–Crippen LogP) is 3.96. The van der Waals surface area contributed by atoms with Crippen molar-refractivity contribution in [3.63, 3.8) is 0 Å². The fourth-order valence-electron chi connectivity index (χ4n) is 3.81. The normalized spacial score (nSPS) is 15.0. The zero-order chi connectivity index (χ0) is 22.3. The first kappa shape index (κ1) is 22.3. The lowest BCUT2D eigenvalue weighted by Gasteiger charge is -2.08. The van der Waals surface area contributed by atoms with Crippen LogP contribution in [0.5, 0.6) is 0 Å². The van der Waals surface area contributed by atoms with E-state index < -0.39 is 11.1 Å². The Bertz CT molecular complexity index is 1080. The lowest BCUT2D eigenvalue weighted by molar-refractivity contribution is 0.102. The van der Waals surface area contributed by atoms with Crippen LogP contribution in [0.2, 0.25) is 0 Å². The summed E-state index contributed by atoms with van der Waals surface area (Å²) >= 11 is -1.81. The molecule has 0 bridgehead atoms. The zero-order valence-corrected chi connectivity index (χ0v) is 18.4. The van der Waals surface area contributed by atoms with Crippen molar-refractivity contribution in [1.82, 2.24) is 15.5 Å². The highest BCUT2D eigenvalue weighted by atomic mass is 32.2. The van der Waals surface area contributed by atoms with Gasteiger partial charge < -0.3 is 19.7 Å². The second kappa shape index (κ2) is 10.6. The summed E-state index contributed by atoms with van der Waals surface area (Å²) in [5, 5.41) is 10.1. The van der Waals surface area contributed by atoms with E-state index in [9.17, 15) is 9.00 Å². The Morgan fingerprint density at radius 2 is 1.94 bits per heavy atom. The minimum Gasteiger partial charge on any atom is -0.339 e. The quantitative estimate of drug-likeness (QED) is 0.331. The molecule has 168 valence electrons. The summed E-state index contributed by atoms with van der Waals surface area (Å²) in [5.41, 5.74) is 2.98. The molecule has 2 aromatic carbocycles. The number of rotatable bonds is 9. The highest BCUT2D eigenvalue weighted by Gasteiger charge is 2.23.